The molecule has 0 atom stereocenters. The van der Waals surface area contributed by atoms with Gasteiger partial charge in [-0.05, 0) is 58.6 Å². The molecule has 0 aliphatic carbocycles. The SMILES string of the molecule is Cc1ccc(CNCc2ccc(Br)s2)cc1C. The zero-order valence-electron chi connectivity index (χ0n) is 10.1. The number of hydrogen-bond acceptors (Lipinski definition) is 2. The van der Waals surface area contributed by atoms with E-state index in [1.54, 1.807) is 11.3 Å². The summed E-state index contributed by atoms with van der Waals surface area (Å²) < 4.78 is 1.19. The zero-order chi connectivity index (χ0) is 12.3. The Labute approximate surface area is 115 Å². The van der Waals surface area contributed by atoms with Gasteiger partial charge in [-0.15, -0.1) is 11.3 Å². The van der Waals surface area contributed by atoms with Gasteiger partial charge in [0, 0.05) is 18.0 Å². The molecule has 0 fully saturated rings. The standard InChI is InChI=1S/C14H16BrNS/c1-10-3-4-12(7-11(10)2)8-16-9-13-5-6-14(15)17-13/h3-7,16H,8-9H2,1-2H3. The van der Waals surface area contributed by atoms with Gasteiger partial charge in [0.05, 0.1) is 3.79 Å². The highest BCUT2D eigenvalue weighted by Gasteiger charge is 1.99. The van der Waals surface area contributed by atoms with Crippen molar-refractivity contribution in [3.05, 3.63) is 55.7 Å². The number of thiophene rings is 1. The number of benzene rings is 1. The van der Waals surface area contributed by atoms with Gasteiger partial charge in [-0.3, -0.25) is 0 Å². The van der Waals surface area contributed by atoms with Crippen LogP contribution in [0.4, 0.5) is 0 Å². The predicted molar refractivity (Wildman–Crippen MR) is 78.5 cm³/mol. The summed E-state index contributed by atoms with van der Waals surface area (Å²) in [6, 6.07) is 10.9. The number of halogens is 1. The van der Waals surface area contributed by atoms with E-state index >= 15 is 0 Å². The minimum Gasteiger partial charge on any atom is -0.308 e. The Morgan fingerprint density at radius 3 is 2.53 bits per heavy atom. The van der Waals surface area contributed by atoms with E-state index in [0.29, 0.717) is 0 Å². The lowest BCUT2D eigenvalue weighted by Gasteiger charge is -2.06. The third-order valence-electron chi connectivity index (χ3n) is 2.83. The van der Waals surface area contributed by atoms with E-state index in [1.807, 2.05) is 0 Å². The first-order valence-electron chi connectivity index (χ1n) is 5.66. The first-order valence-corrected chi connectivity index (χ1v) is 7.27. The van der Waals surface area contributed by atoms with E-state index in [9.17, 15) is 0 Å². The highest BCUT2D eigenvalue weighted by Crippen LogP contribution is 2.21. The van der Waals surface area contributed by atoms with Crippen LogP contribution in [0.3, 0.4) is 0 Å². The smallest absolute Gasteiger partial charge is 0.0701 e. The molecule has 2 rings (SSSR count). The summed E-state index contributed by atoms with van der Waals surface area (Å²) in [5, 5.41) is 3.47. The summed E-state index contributed by atoms with van der Waals surface area (Å²) in [7, 11) is 0. The van der Waals surface area contributed by atoms with Crippen molar-refractivity contribution in [2.24, 2.45) is 0 Å². The van der Waals surface area contributed by atoms with Gasteiger partial charge < -0.3 is 5.32 Å². The summed E-state index contributed by atoms with van der Waals surface area (Å²) in [5.74, 6) is 0. The molecular formula is C14H16BrNS. The molecule has 1 nitrogen and oxygen atoms in total. The Bertz CT molecular complexity index is 505. The lowest BCUT2D eigenvalue weighted by Crippen LogP contribution is -2.11. The van der Waals surface area contributed by atoms with Crippen molar-refractivity contribution in [1.82, 2.24) is 5.32 Å². The van der Waals surface area contributed by atoms with E-state index < -0.39 is 0 Å². The van der Waals surface area contributed by atoms with E-state index in [-0.39, 0.29) is 0 Å². The number of hydrogen-bond donors (Lipinski definition) is 1. The summed E-state index contributed by atoms with van der Waals surface area (Å²) in [5.41, 5.74) is 4.07. The van der Waals surface area contributed by atoms with Gasteiger partial charge in [-0.1, -0.05) is 18.2 Å². The summed E-state index contributed by atoms with van der Waals surface area (Å²) in [4.78, 5) is 1.36. The average Bonchev–Trinajstić information content (AvgIpc) is 2.70. The van der Waals surface area contributed by atoms with Crippen molar-refractivity contribution in [2.75, 3.05) is 0 Å². The molecule has 90 valence electrons. The van der Waals surface area contributed by atoms with Crippen molar-refractivity contribution in [1.29, 1.82) is 0 Å². The van der Waals surface area contributed by atoms with Crippen LogP contribution in [0.25, 0.3) is 0 Å². The fraction of sp³-hybridized carbons (Fsp3) is 0.286. The second kappa shape index (κ2) is 5.80. The second-order valence-electron chi connectivity index (χ2n) is 4.23. The quantitative estimate of drug-likeness (QED) is 0.881. The molecule has 1 aromatic heterocycles. The van der Waals surface area contributed by atoms with Gasteiger partial charge in [-0.25, -0.2) is 0 Å². The molecule has 0 saturated carbocycles. The molecule has 2 aromatic rings. The monoisotopic (exact) mass is 309 g/mol. The number of rotatable bonds is 4. The summed E-state index contributed by atoms with van der Waals surface area (Å²) in [6.07, 6.45) is 0. The summed E-state index contributed by atoms with van der Waals surface area (Å²) in [6.45, 7) is 6.17. The minimum atomic E-state index is 0.927. The highest BCUT2D eigenvalue weighted by molar-refractivity contribution is 9.11. The molecule has 0 radical (unpaired) electrons. The number of nitrogens with one attached hydrogen (secondary N) is 1. The lowest BCUT2D eigenvalue weighted by atomic mass is 10.1. The highest BCUT2D eigenvalue weighted by atomic mass is 79.9. The Morgan fingerprint density at radius 1 is 1.06 bits per heavy atom. The van der Waals surface area contributed by atoms with Gasteiger partial charge in [-0.2, -0.15) is 0 Å². The first-order chi connectivity index (χ1) is 8.15. The van der Waals surface area contributed by atoms with Gasteiger partial charge in [0.25, 0.3) is 0 Å². The molecule has 0 amide bonds. The van der Waals surface area contributed by atoms with Crippen LogP contribution in [-0.4, -0.2) is 0 Å². The van der Waals surface area contributed by atoms with Crippen molar-refractivity contribution in [3.63, 3.8) is 0 Å². The molecule has 1 N–H and O–H groups in total. The topological polar surface area (TPSA) is 12.0 Å². The van der Waals surface area contributed by atoms with E-state index in [4.69, 9.17) is 0 Å². The Kier molecular flexibility index (Phi) is 4.37. The van der Waals surface area contributed by atoms with Gasteiger partial charge in [0.15, 0.2) is 0 Å². The molecule has 1 heterocycles. The maximum Gasteiger partial charge on any atom is 0.0701 e. The Morgan fingerprint density at radius 2 is 1.88 bits per heavy atom. The summed E-state index contributed by atoms with van der Waals surface area (Å²) >= 11 is 5.26. The maximum atomic E-state index is 3.48. The van der Waals surface area contributed by atoms with Crippen LogP contribution < -0.4 is 5.32 Å². The predicted octanol–water partition coefficient (Wildman–Crippen LogP) is 4.42. The average molecular weight is 310 g/mol. The van der Waals surface area contributed by atoms with Crippen LogP contribution in [0.15, 0.2) is 34.1 Å². The Hall–Kier alpha value is -0.640. The second-order valence-corrected chi connectivity index (χ2v) is 6.78. The third kappa shape index (κ3) is 3.66. The van der Waals surface area contributed by atoms with Crippen LogP contribution in [0.1, 0.15) is 21.6 Å². The molecule has 0 saturated heterocycles. The fourth-order valence-corrected chi connectivity index (χ4v) is 3.14. The molecule has 0 spiro atoms. The van der Waals surface area contributed by atoms with E-state index in [0.717, 1.165) is 13.1 Å². The minimum absolute atomic E-state index is 0.927. The lowest BCUT2D eigenvalue weighted by molar-refractivity contribution is 0.700. The number of aryl methyl sites for hydroxylation is 2. The van der Waals surface area contributed by atoms with Crippen molar-refractivity contribution in [2.45, 2.75) is 26.9 Å². The van der Waals surface area contributed by atoms with Gasteiger partial charge >= 0.3 is 0 Å². The molecule has 0 aliphatic rings. The molecular weight excluding hydrogens is 294 g/mol. The van der Waals surface area contributed by atoms with Crippen LogP contribution in [-0.2, 0) is 13.1 Å². The fourth-order valence-electron chi connectivity index (χ4n) is 1.69. The van der Waals surface area contributed by atoms with Crippen LogP contribution in [0.2, 0.25) is 0 Å². The molecule has 0 unspecified atom stereocenters. The molecule has 17 heavy (non-hydrogen) atoms. The van der Waals surface area contributed by atoms with Crippen molar-refractivity contribution >= 4 is 27.3 Å². The van der Waals surface area contributed by atoms with Gasteiger partial charge in [0.1, 0.15) is 0 Å². The van der Waals surface area contributed by atoms with Gasteiger partial charge in [0.2, 0.25) is 0 Å². The Balaban J connectivity index is 1.87. The van der Waals surface area contributed by atoms with Crippen LogP contribution in [0, 0.1) is 13.8 Å². The molecule has 1 aromatic carbocycles. The molecule has 3 heteroatoms. The normalized spacial score (nSPS) is 10.8. The third-order valence-corrected chi connectivity index (χ3v) is 4.45. The molecule has 0 aliphatic heterocycles. The maximum absolute atomic E-state index is 3.48. The van der Waals surface area contributed by atoms with Crippen LogP contribution >= 0.6 is 27.3 Å². The van der Waals surface area contributed by atoms with Crippen LogP contribution in [0.5, 0.6) is 0 Å². The van der Waals surface area contributed by atoms with E-state index in [2.05, 4.69) is 65.4 Å². The molecule has 0 bridgehead atoms. The largest absolute Gasteiger partial charge is 0.308 e. The van der Waals surface area contributed by atoms with Crippen molar-refractivity contribution < 1.29 is 0 Å². The van der Waals surface area contributed by atoms with Crippen molar-refractivity contribution in [3.8, 4) is 0 Å². The zero-order valence-corrected chi connectivity index (χ0v) is 12.5. The van der Waals surface area contributed by atoms with E-state index in [1.165, 1.54) is 25.4 Å². The first kappa shape index (κ1) is 12.8.